The molecule has 2 atom stereocenters. The van der Waals surface area contributed by atoms with Gasteiger partial charge in [0.1, 0.15) is 0 Å². The third-order valence-corrected chi connectivity index (χ3v) is 5.11. The molecule has 1 saturated heterocycles. The third-order valence-electron chi connectivity index (χ3n) is 3.78. The summed E-state index contributed by atoms with van der Waals surface area (Å²) in [6, 6.07) is 8.00. The normalized spacial score (nSPS) is 23.5. The SMILES string of the molecule is CN1CCCN(C)C(C(O)CSc2cccc(Cl)c2)C1. The molecule has 0 saturated carbocycles. The lowest BCUT2D eigenvalue weighted by Crippen LogP contribution is -2.47. The first-order valence-corrected chi connectivity index (χ1v) is 8.38. The quantitative estimate of drug-likeness (QED) is 0.864. The van der Waals surface area contributed by atoms with Gasteiger partial charge in [0, 0.05) is 28.3 Å². The van der Waals surface area contributed by atoms with E-state index in [4.69, 9.17) is 11.6 Å². The van der Waals surface area contributed by atoms with E-state index in [2.05, 4.69) is 23.9 Å². The first-order valence-electron chi connectivity index (χ1n) is 7.01. The van der Waals surface area contributed by atoms with Gasteiger partial charge >= 0.3 is 0 Å². The van der Waals surface area contributed by atoms with E-state index in [1.165, 1.54) is 0 Å². The fraction of sp³-hybridized carbons (Fsp3) is 0.600. The Hall–Kier alpha value is -0.260. The molecule has 2 rings (SSSR count). The average Bonchev–Trinajstić information content (AvgIpc) is 2.58. The molecule has 0 bridgehead atoms. The first-order chi connectivity index (χ1) is 9.56. The van der Waals surface area contributed by atoms with E-state index < -0.39 is 0 Å². The first kappa shape index (κ1) is 16.1. The van der Waals surface area contributed by atoms with Crippen LogP contribution < -0.4 is 0 Å². The molecule has 1 aliphatic heterocycles. The van der Waals surface area contributed by atoms with Crippen LogP contribution in [0.3, 0.4) is 0 Å². The van der Waals surface area contributed by atoms with Gasteiger partial charge in [-0.15, -0.1) is 11.8 Å². The number of benzene rings is 1. The highest BCUT2D eigenvalue weighted by atomic mass is 35.5. The molecule has 1 aromatic carbocycles. The van der Waals surface area contributed by atoms with Crippen molar-refractivity contribution in [2.45, 2.75) is 23.5 Å². The molecule has 2 unspecified atom stereocenters. The number of hydrogen-bond donors (Lipinski definition) is 1. The minimum Gasteiger partial charge on any atom is -0.391 e. The summed E-state index contributed by atoms with van der Waals surface area (Å²) in [5.74, 6) is 0.698. The molecule has 1 heterocycles. The molecule has 1 fully saturated rings. The summed E-state index contributed by atoms with van der Waals surface area (Å²) in [5.41, 5.74) is 0. The van der Waals surface area contributed by atoms with Crippen molar-refractivity contribution < 1.29 is 5.11 Å². The Morgan fingerprint density at radius 1 is 1.40 bits per heavy atom. The van der Waals surface area contributed by atoms with Gasteiger partial charge in [-0.1, -0.05) is 17.7 Å². The van der Waals surface area contributed by atoms with Crippen LogP contribution in [0.5, 0.6) is 0 Å². The fourth-order valence-electron chi connectivity index (χ4n) is 2.57. The molecule has 0 spiro atoms. The average molecular weight is 315 g/mol. The van der Waals surface area contributed by atoms with E-state index in [1.54, 1.807) is 11.8 Å². The van der Waals surface area contributed by atoms with Crippen LogP contribution in [0.1, 0.15) is 6.42 Å². The summed E-state index contributed by atoms with van der Waals surface area (Å²) in [4.78, 5) is 5.70. The van der Waals surface area contributed by atoms with Gasteiger partial charge in [0.2, 0.25) is 0 Å². The zero-order valence-electron chi connectivity index (χ0n) is 12.1. The minimum absolute atomic E-state index is 0.203. The van der Waals surface area contributed by atoms with E-state index in [1.807, 2.05) is 24.3 Å². The lowest BCUT2D eigenvalue weighted by atomic mass is 10.1. The summed E-state index contributed by atoms with van der Waals surface area (Å²) in [6.07, 6.45) is 0.835. The van der Waals surface area contributed by atoms with Crippen LogP contribution >= 0.6 is 23.4 Å². The number of hydrogen-bond acceptors (Lipinski definition) is 4. The van der Waals surface area contributed by atoms with Crippen molar-refractivity contribution >= 4 is 23.4 Å². The summed E-state index contributed by atoms with van der Waals surface area (Å²) >= 11 is 7.65. The van der Waals surface area contributed by atoms with Gasteiger partial charge < -0.3 is 10.0 Å². The minimum atomic E-state index is -0.329. The second-order valence-electron chi connectivity index (χ2n) is 5.50. The molecule has 1 N–H and O–H groups in total. The standard InChI is InChI=1S/C15H23ClN2OS/c1-17-7-4-8-18(2)14(10-17)15(19)11-20-13-6-3-5-12(16)9-13/h3,5-6,9,14-15,19H,4,7-8,10-11H2,1-2H3. The number of nitrogens with zero attached hydrogens (tertiary/aromatic N) is 2. The van der Waals surface area contributed by atoms with E-state index >= 15 is 0 Å². The number of thioether (sulfide) groups is 1. The van der Waals surface area contributed by atoms with Crippen molar-refractivity contribution in [3.8, 4) is 0 Å². The molecular formula is C15H23ClN2OS. The van der Waals surface area contributed by atoms with Gasteiger partial charge in [0.05, 0.1) is 6.10 Å². The smallest absolute Gasteiger partial charge is 0.0801 e. The summed E-state index contributed by atoms with van der Waals surface area (Å²) < 4.78 is 0. The Morgan fingerprint density at radius 3 is 2.95 bits per heavy atom. The monoisotopic (exact) mass is 314 g/mol. The van der Waals surface area contributed by atoms with Gasteiger partial charge in [-0.3, -0.25) is 4.90 Å². The maximum absolute atomic E-state index is 10.5. The van der Waals surface area contributed by atoms with E-state index in [-0.39, 0.29) is 12.1 Å². The van der Waals surface area contributed by atoms with Crippen LogP contribution in [0, 0.1) is 0 Å². The van der Waals surface area contributed by atoms with Crippen LogP contribution in [0.25, 0.3) is 0 Å². The number of aliphatic hydroxyl groups is 1. The molecule has 3 nitrogen and oxygen atoms in total. The molecule has 112 valence electrons. The van der Waals surface area contributed by atoms with Crippen molar-refractivity contribution in [2.75, 3.05) is 39.5 Å². The van der Waals surface area contributed by atoms with Crippen molar-refractivity contribution in [3.63, 3.8) is 0 Å². The van der Waals surface area contributed by atoms with Crippen molar-refractivity contribution in [1.82, 2.24) is 9.80 Å². The van der Waals surface area contributed by atoms with Crippen LogP contribution in [0.2, 0.25) is 5.02 Å². The number of aliphatic hydroxyl groups excluding tert-OH is 1. The van der Waals surface area contributed by atoms with Gasteiger partial charge in [-0.25, -0.2) is 0 Å². The molecular weight excluding hydrogens is 292 g/mol. The molecule has 0 radical (unpaired) electrons. The lowest BCUT2D eigenvalue weighted by Gasteiger charge is -2.31. The number of likely N-dealkylation sites (N-methyl/N-ethyl adjacent to an activating group) is 2. The largest absolute Gasteiger partial charge is 0.391 e. The van der Waals surface area contributed by atoms with E-state index in [0.29, 0.717) is 5.75 Å². The molecule has 20 heavy (non-hydrogen) atoms. The molecule has 5 heteroatoms. The van der Waals surface area contributed by atoms with Gasteiger partial charge in [0.15, 0.2) is 0 Å². The maximum Gasteiger partial charge on any atom is 0.0801 e. The van der Waals surface area contributed by atoms with Crippen molar-refractivity contribution in [3.05, 3.63) is 29.3 Å². The van der Waals surface area contributed by atoms with Crippen LogP contribution in [0.4, 0.5) is 0 Å². The zero-order chi connectivity index (χ0) is 14.5. The molecule has 1 aromatic rings. The molecule has 0 aliphatic carbocycles. The Bertz CT molecular complexity index is 432. The second kappa shape index (κ2) is 7.66. The topological polar surface area (TPSA) is 26.7 Å². The van der Waals surface area contributed by atoms with Gasteiger partial charge in [-0.05, 0) is 51.8 Å². The van der Waals surface area contributed by atoms with Crippen LogP contribution in [0.15, 0.2) is 29.2 Å². The van der Waals surface area contributed by atoms with Crippen LogP contribution in [-0.4, -0.2) is 66.5 Å². The Kier molecular flexibility index (Phi) is 6.18. The van der Waals surface area contributed by atoms with Gasteiger partial charge in [-0.2, -0.15) is 0 Å². The Labute approximate surface area is 130 Å². The third kappa shape index (κ3) is 4.64. The number of halogens is 1. The maximum atomic E-state index is 10.5. The molecule has 1 aliphatic rings. The van der Waals surface area contributed by atoms with Gasteiger partial charge in [0.25, 0.3) is 0 Å². The summed E-state index contributed by atoms with van der Waals surface area (Å²) in [6.45, 7) is 3.08. The zero-order valence-corrected chi connectivity index (χ0v) is 13.7. The Balaban J connectivity index is 1.91. The van der Waals surface area contributed by atoms with Crippen molar-refractivity contribution in [1.29, 1.82) is 0 Å². The predicted octanol–water partition coefficient (Wildman–Crippen LogP) is 2.43. The Morgan fingerprint density at radius 2 is 2.20 bits per heavy atom. The highest BCUT2D eigenvalue weighted by Crippen LogP contribution is 2.24. The second-order valence-corrected chi connectivity index (χ2v) is 7.03. The molecule has 0 aromatic heterocycles. The highest BCUT2D eigenvalue weighted by Gasteiger charge is 2.27. The number of rotatable bonds is 4. The van der Waals surface area contributed by atoms with Crippen LogP contribution in [-0.2, 0) is 0 Å². The van der Waals surface area contributed by atoms with Crippen molar-refractivity contribution in [2.24, 2.45) is 0 Å². The summed E-state index contributed by atoms with van der Waals surface area (Å²) in [5, 5.41) is 11.2. The lowest BCUT2D eigenvalue weighted by molar-refractivity contribution is 0.0739. The van der Waals surface area contributed by atoms with E-state index in [9.17, 15) is 5.11 Å². The fourth-order valence-corrected chi connectivity index (χ4v) is 3.80. The highest BCUT2D eigenvalue weighted by molar-refractivity contribution is 7.99. The molecule has 0 amide bonds. The predicted molar refractivity (Wildman–Crippen MR) is 86.7 cm³/mol. The summed E-state index contributed by atoms with van der Waals surface area (Å²) in [7, 11) is 4.24. The van der Waals surface area contributed by atoms with E-state index in [0.717, 1.165) is 36.0 Å².